The SMILES string of the molecule is Br.COc1ccc(Nc2nc(-c3ccc(Cl)cc3)cs2)cc1. The van der Waals surface area contributed by atoms with E-state index in [2.05, 4.69) is 10.3 Å². The van der Waals surface area contributed by atoms with Gasteiger partial charge in [0.1, 0.15) is 5.75 Å². The molecule has 0 amide bonds. The van der Waals surface area contributed by atoms with Crippen LogP contribution in [-0.4, -0.2) is 12.1 Å². The number of benzene rings is 2. The van der Waals surface area contributed by atoms with Gasteiger partial charge in [0.05, 0.1) is 12.8 Å². The Morgan fingerprint density at radius 2 is 1.73 bits per heavy atom. The number of aromatic nitrogens is 1. The molecule has 3 aromatic rings. The number of thiazole rings is 1. The van der Waals surface area contributed by atoms with E-state index >= 15 is 0 Å². The van der Waals surface area contributed by atoms with Crippen molar-refractivity contribution in [3.8, 4) is 17.0 Å². The molecule has 0 atom stereocenters. The minimum atomic E-state index is 0. The first-order valence-electron chi connectivity index (χ1n) is 6.37. The van der Waals surface area contributed by atoms with Gasteiger partial charge in [-0.25, -0.2) is 4.98 Å². The van der Waals surface area contributed by atoms with Gasteiger partial charge < -0.3 is 10.1 Å². The Balaban J connectivity index is 0.00000176. The molecule has 2 aromatic carbocycles. The number of rotatable bonds is 4. The summed E-state index contributed by atoms with van der Waals surface area (Å²) in [5.74, 6) is 0.835. The summed E-state index contributed by atoms with van der Waals surface area (Å²) in [6, 6.07) is 15.4. The van der Waals surface area contributed by atoms with Crippen LogP contribution in [-0.2, 0) is 0 Å². The summed E-state index contributed by atoms with van der Waals surface area (Å²) in [6.45, 7) is 0. The monoisotopic (exact) mass is 396 g/mol. The van der Waals surface area contributed by atoms with Crippen molar-refractivity contribution in [2.75, 3.05) is 12.4 Å². The van der Waals surface area contributed by atoms with Gasteiger partial charge in [0.15, 0.2) is 5.13 Å². The van der Waals surface area contributed by atoms with Crippen LogP contribution < -0.4 is 10.1 Å². The van der Waals surface area contributed by atoms with Gasteiger partial charge in [0.25, 0.3) is 0 Å². The number of hydrogen-bond donors (Lipinski definition) is 1. The molecule has 3 rings (SSSR count). The van der Waals surface area contributed by atoms with Crippen LogP contribution in [0.25, 0.3) is 11.3 Å². The molecule has 0 aliphatic rings. The maximum Gasteiger partial charge on any atom is 0.187 e. The summed E-state index contributed by atoms with van der Waals surface area (Å²) in [5, 5.41) is 6.88. The quantitative estimate of drug-likeness (QED) is 0.604. The number of nitrogens with one attached hydrogen (secondary N) is 1. The summed E-state index contributed by atoms with van der Waals surface area (Å²) >= 11 is 7.46. The van der Waals surface area contributed by atoms with Gasteiger partial charge in [-0.15, -0.1) is 28.3 Å². The maximum atomic E-state index is 5.90. The van der Waals surface area contributed by atoms with E-state index in [4.69, 9.17) is 16.3 Å². The molecule has 1 heterocycles. The van der Waals surface area contributed by atoms with E-state index in [-0.39, 0.29) is 17.0 Å². The van der Waals surface area contributed by atoms with Crippen LogP contribution in [0.1, 0.15) is 0 Å². The number of halogens is 2. The van der Waals surface area contributed by atoms with Crippen molar-refractivity contribution in [2.24, 2.45) is 0 Å². The molecule has 0 unspecified atom stereocenters. The predicted molar refractivity (Wildman–Crippen MR) is 99.2 cm³/mol. The lowest BCUT2D eigenvalue weighted by Crippen LogP contribution is -1.90. The highest BCUT2D eigenvalue weighted by Gasteiger charge is 2.05. The molecule has 114 valence electrons. The smallest absolute Gasteiger partial charge is 0.187 e. The molecule has 1 aromatic heterocycles. The van der Waals surface area contributed by atoms with Gasteiger partial charge in [-0.05, 0) is 36.4 Å². The third-order valence-corrected chi connectivity index (χ3v) is 4.00. The second-order valence-corrected chi connectivity index (χ2v) is 5.69. The summed E-state index contributed by atoms with van der Waals surface area (Å²) in [5.41, 5.74) is 2.97. The Labute approximate surface area is 148 Å². The van der Waals surface area contributed by atoms with E-state index in [1.165, 1.54) is 0 Å². The molecule has 22 heavy (non-hydrogen) atoms. The molecule has 0 bridgehead atoms. The molecule has 3 nitrogen and oxygen atoms in total. The summed E-state index contributed by atoms with van der Waals surface area (Å²) in [6.07, 6.45) is 0. The molecule has 0 aliphatic heterocycles. The van der Waals surface area contributed by atoms with Crippen molar-refractivity contribution in [2.45, 2.75) is 0 Å². The number of hydrogen-bond acceptors (Lipinski definition) is 4. The van der Waals surface area contributed by atoms with E-state index in [1.807, 2.05) is 53.9 Å². The lowest BCUT2D eigenvalue weighted by Gasteiger charge is -2.04. The average Bonchev–Trinajstić information content (AvgIpc) is 2.97. The number of anilines is 2. The van der Waals surface area contributed by atoms with E-state index in [9.17, 15) is 0 Å². The number of nitrogens with zero attached hydrogens (tertiary/aromatic N) is 1. The van der Waals surface area contributed by atoms with Gasteiger partial charge in [-0.1, -0.05) is 23.7 Å². The van der Waals surface area contributed by atoms with Crippen molar-refractivity contribution in [3.63, 3.8) is 0 Å². The minimum absolute atomic E-state index is 0. The zero-order valence-corrected chi connectivity index (χ0v) is 15.0. The van der Waals surface area contributed by atoms with E-state index in [0.717, 1.165) is 32.8 Å². The summed E-state index contributed by atoms with van der Waals surface area (Å²) in [4.78, 5) is 4.58. The molecule has 1 N–H and O–H groups in total. The Kier molecular flexibility index (Phi) is 5.83. The average molecular weight is 398 g/mol. The van der Waals surface area contributed by atoms with E-state index < -0.39 is 0 Å². The van der Waals surface area contributed by atoms with E-state index in [0.29, 0.717) is 0 Å². The largest absolute Gasteiger partial charge is 0.497 e. The second kappa shape index (κ2) is 7.63. The molecular weight excluding hydrogens is 384 g/mol. The van der Waals surface area contributed by atoms with Crippen LogP contribution in [0, 0.1) is 0 Å². The van der Waals surface area contributed by atoms with Gasteiger partial charge in [0, 0.05) is 21.7 Å². The topological polar surface area (TPSA) is 34.1 Å². The fourth-order valence-corrected chi connectivity index (χ4v) is 2.75. The van der Waals surface area contributed by atoms with Crippen molar-refractivity contribution in [1.82, 2.24) is 4.98 Å². The van der Waals surface area contributed by atoms with Crippen LogP contribution >= 0.6 is 39.9 Å². The van der Waals surface area contributed by atoms with Crippen LogP contribution in [0.3, 0.4) is 0 Å². The first kappa shape index (κ1) is 16.8. The Bertz CT molecular complexity index is 729. The Hall–Kier alpha value is -1.56. The highest BCUT2D eigenvalue weighted by molar-refractivity contribution is 8.93. The molecular formula is C16H14BrClN2OS. The third-order valence-electron chi connectivity index (χ3n) is 2.99. The first-order valence-corrected chi connectivity index (χ1v) is 7.63. The van der Waals surface area contributed by atoms with Crippen molar-refractivity contribution >= 4 is 50.7 Å². The highest BCUT2D eigenvalue weighted by atomic mass is 79.9. The molecule has 0 aliphatic carbocycles. The fourth-order valence-electron chi connectivity index (χ4n) is 1.88. The zero-order valence-electron chi connectivity index (χ0n) is 11.7. The highest BCUT2D eigenvalue weighted by Crippen LogP contribution is 2.28. The molecule has 0 saturated heterocycles. The standard InChI is InChI=1S/C16H13ClN2OS.BrH/c1-20-14-8-6-13(7-9-14)18-16-19-15(10-21-16)11-2-4-12(17)5-3-11;/h2-10H,1H3,(H,18,19);1H. The predicted octanol–water partition coefficient (Wildman–Crippen LogP) is 5.79. The third kappa shape index (κ3) is 4.00. The molecule has 0 radical (unpaired) electrons. The van der Waals surface area contributed by atoms with E-state index in [1.54, 1.807) is 18.4 Å². The molecule has 0 fully saturated rings. The maximum absolute atomic E-state index is 5.90. The van der Waals surface area contributed by atoms with Crippen LogP contribution in [0.5, 0.6) is 5.75 Å². The summed E-state index contributed by atoms with van der Waals surface area (Å²) in [7, 11) is 1.65. The van der Waals surface area contributed by atoms with Crippen LogP contribution in [0.15, 0.2) is 53.9 Å². The zero-order chi connectivity index (χ0) is 14.7. The first-order chi connectivity index (χ1) is 10.2. The second-order valence-electron chi connectivity index (χ2n) is 4.40. The van der Waals surface area contributed by atoms with Crippen molar-refractivity contribution < 1.29 is 4.74 Å². The molecule has 0 saturated carbocycles. The lowest BCUT2D eigenvalue weighted by atomic mass is 10.2. The van der Waals surface area contributed by atoms with Crippen molar-refractivity contribution in [1.29, 1.82) is 0 Å². The van der Waals surface area contributed by atoms with Crippen LogP contribution in [0.2, 0.25) is 5.02 Å². The van der Waals surface area contributed by atoms with Crippen LogP contribution in [0.4, 0.5) is 10.8 Å². The summed E-state index contributed by atoms with van der Waals surface area (Å²) < 4.78 is 5.14. The van der Waals surface area contributed by atoms with Gasteiger partial charge in [-0.3, -0.25) is 0 Å². The van der Waals surface area contributed by atoms with Gasteiger partial charge in [-0.2, -0.15) is 0 Å². The number of methoxy groups -OCH3 is 1. The fraction of sp³-hybridized carbons (Fsp3) is 0.0625. The van der Waals surface area contributed by atoms with Crippen molar-refractivity contribution in [3.05, 3.63) is 58.9 Å². The Morgan fingerprint density at radius 1 is 1.05 bits per heavy atom. The van der Waals surface area contributed by atoms with Gasteiger partial charge in [0.2, 0.25) is 0 Å². The molecule has 6 heteroatoms. The Morgan fingerprint density at radius 3 is 2.36 bits per heavy atom. The molecule has 0 spiro atoms. The normalized spacial score (nSPS) is 9.91. The lowest BCUT2D eigenvalue weighted by molar-refractivity contribution is 0.415. The van der Waals surface area contributed by atoms with Gasteiger partial charge >= 0.3 is 0 Å². The number of ether oxygens (including phenoxy) is 1. The minimum Gasteiger partial charge on any atom is -0.497 e.